The van der Waals surface area contributed by atoms with Gasteiger partial charge in [-0.2, -0.15) is 5.10 Å². The Hall–Kier alpha value is -2.22. The summed E-state index contributed by atoms with van der Waals surface area (Å²) in [5, 5.41) is 8.38. The smallest absolute Gasteiger partial charge is 0.246 e. The van der Waals surface area contributed by atoms with Gasteiger partial charge in [0, 0.05) is 40.8 Å². The van der Waals surface area contributed by atoms with Crippen LogP contribution in [0.1, 0.15) is 0 Å². The Morgan fingerprint density at radius 2 is 2.24 bits per heavy atom. The van der Waals surface area contributed by atoms with Crippen LogP contribution in [0.4, 0.5) is 5.82 Å². The summed E-state index contributed by atoms with van der Waals surface area (Å²) >= 11 is 0. The third kappa shape index (κ3) is 2.31. The molecule has 21 heavy (non-hydrogen) atoms. The Kier molecular flexibility index (Phi) is 3.46. The van der Waals surface area contributed by atoms with Gasteiger partial charge in [-0.3, -0.25) is 9.48 Å². The molecule has 1 fully saturated rings. The van der Waals surface area contributed by atoms with E-state index in [2.05, 4.69) is 20.4 Å². The minimum Gasteiger partial charge on any atom is -0.347 e. The van der Waals surface area contributed by atoms with Crippen LogP contribution in [0, 0.1) is 0 Å². The fraction of sp³-hybridized carbons (Fsp3) is 0.538. The molecule has 3 heterocycles. The maximum atomic E-state index is 12.4. The second-order valence-corrected chi connectivity index (χ2v) is 5.35. The van der Waals surface area contributed by atoms with Crippen LogP contribution in [0.25, 0.3) is 11.0 Å². The van der Waals surface area contributed by atoms with Crippen molar-refractivity contribution in [1.82, 2.24) is 30.0 Å². The van der Waals surface area contributed by atoms with Crippen molar-refractivity contribution in [2.75, 3.05) is 38.6 Å². The lowest BCUT2D eigenvalue weighted by molar-refractivity contribution is -0.130. The van der Waals surface area contributed by atoms with E-state index in [1.54, 1.807) is 29.9 Å². The second kappa shape index (κ2) is 5.28. The summed E-state index contributed by atoms with van der Waals surface area (Å²) in [5.41, 5.74) is 0.773. The molecule has 1 amide bonds. The second-order valence-electron chi connectivity index (χ2n) is 5.35. The molecule has 8 heteroatoms. The van der Waals surface area contributed by atoms with Crippen LogP contribution in [0.3, 0.4) is 0 Å². The Bertz CT molecular complexity index is 666. The molecule has 1 N–H and O–H groups in total. The summed E-state index contributed by atoms with van der Waals surface area (Å²) in [6, 6.07) is -0.257. The van der Waals surface area contributed by atoms with Crippen molar-refractivity contribution in [2.24, 2.45) is 7.05 Å². The summed E-state index contributed by atoms with van der Waals surface area (Å²) in [4.78, 5) is 24.7. The minimum absolute atomic E-state index is 0.0675. The number of aromatic nitrogens is 4. The molecule has 0 bridgehead atoms. The Morgan fingerprint density at radius 1 is 1.43 bits per heavy atom. The number of hydrogen-bond donors (Lipinski definition) is 1. The highest BCUT2D eigenvalue weighted by molar-refractivity contribution is 5.91. The predicted molar refractivity (Wildman–Crippen MR) is 79.0 cm³/mol. The van der Waals surface area contributed by atoms with Crippen LogP contribution in [0.5, 0.6) is 0 Å². The number of rotatable bonds is 2. The van der Waals surface area contributed by atoms with Crippen LogP contribution in [-0.2, 0) is 11.8 Å². The summed E-state index contributed by atoms with van der Waals surface area (Å²) in [6.07, 6.45) is 3.28. The van der Waals surface area contributed by atoms with Crippen molar-refractivity contribution in [3.05, 3.63) is 12.5 Å². The number of fused-ring (bicyclic) bond motifs is 1. The summed E-state index contributed by atoms with van der Waals surface area (Å²) in [6.45, 7) is 2.16. The number of aryl methyl sites for hydroxylation is 1. The van der Waals surface area contributed by atoms with E-state index in [1.807, 2.05) is 11.9 Å². The summed E-state index contributed by atoms with van der Waals surface area (Å²) in [5.74, 6) is 0.840. The lowest BCUT2D eigenvalue weighted by atomic mass is 10.1. The van der Waals surface area contributed by atoms with Gasteiger partial charge in [0.15, 0.2) is 5.65 Å². The molecule has 1 unspecified atom stereocenters. The zero-order valence-corrected chi connectivity index (χ0v) is 12.4. The van der Waals surface area contributed by atoms with E-state index in [-0.39, 0.29) is 11.9 Å². The molecule has 1 saturated heterocycles. The number of carbonyl (C=O) groups excluding carboxylic acids is 1. The van der Waals surface area contributed by atoms with Crippen LogP contribution in [-0.4, -0.2) is 70.3 Å². The van der Waals surface area contributed by atoms with Crippen molar-refractivity contribution in [3.8, 4) is 0 Å². The number of hydrogen-bond acceptors (Lipinski definition) is 6. The average Bonchev–Trinajstić information content (AvgIpc) is 2.88. The third-order valence-corrected chi connectivity index (χ3v) is 3.75. The van der Waals surface area contributed by atoms with Crippen LogP contribution >= 0.6 is 0 Å². The van der Waals surface area contributed by atoms with Gasteiger partial charge in [-0.05, 0) is 0 Å². The topological polar surface area (TPSA) is 79.2 Å². The first-order chi connectivity index (χ1) is 10.1. The fourth-order valence-corrected chi connectivity index (χ4v) is 2.66. The summed E-state index contributed by atoms with van der Waals surface area (Å²) < 4.78 is 1.71. The van der Waals surface area contributed by atoms with Crippen molar-refractivity contribution in [1.29, 1.82) is 0 Å². The van der Waals surface area contributed by atoms with Gasteiger partial charge >= 0.3 is 0 Å². The Labute approximate surface area is 122 Å². The maximum Gasteiger partial charge on any atom is 0.246 e. The molecule has 8 nitrogen and oxygen atoms in total. The molecule has 2 aromatic rings. The lowest BCUT2D eigenvalue weighted by Gasteiger charge is -2.37. The van der Waals surface area contributed by atoms with Gasteiger partial charge < -0.3 is 15.1 Å². The molecule has 0 radical (unpaired) electrons. The number of amides is 1. The van der Waals surface area contributed by atoms with E-state index >= 15 is 0 Å². The highest BCUT2D eigenvalue weighted by Crippen LogP contribution is 2.24. The molecule has 0 saturated carbocycles. The fourth-order valence-electron chi connectivity index (χ4n) is 2.66. The quantitative estimate of drug-likeness (QED) is 0.782. The minimum atomic E-state index is -0.257. The zero-order chi connectivity index (χ0) is 15.0. The third-order valence-electron chi connectivity index (χ3n) is 3.75. The van der Waals surface area contributed by atoms with Crippen molar-refractivity contribution >= 4 is 22.8 Å². The van der Waals surface area contributed by atoms with Crippen LogP contribution in [0.2, 0.25) is 0 Å². The van der Waals surface area contributed by atoms with E-state index in [4.69, 9.17) is 0 Å². The first-order valence-electron chi connectivity index (χ1n) is 6.91. The number of likely N-dealkylation sites (N-methyl/N-ethyl adjacent to an activating group) is 1. The number of nitrogens with zero attached hydrogens (tertiary/aromatic N) is 6. The van der Waals surface area contributed by atoms with E-state index in [0.29, 0.717) is 6.54 Å². The SMILES string of the molecule is CN(C)C(=O)C1CNCCN1c1ncnc2c1cnn2C. The van der Waals surface area contributed by atoms with Gasteiger partial charge in [-0.15, -0.1) is 0 Å². The molecule has 112 valence electrons. The number of anilines is 1. The highest BCUT2D eigenvalue weighted by atomic mass is 16.2. The van der Waals surface area contributed by atoms with Gasteiger partial charge in [0.05, 0.1) is 11.6 Å². The number of nitrogens with one attached hydrogen (secondary N) is 1. The van der Waals surface area contributed by atoms with E-state index in [1.165, 1.54) is 6.33 Å². The van der Waals surface area contributed by atoms with E-state index < -0.39 is 0 Å². The van der Waals surface area contributed by atoms with Crippen molar-refractivity contribution in [2.45, 2.75) is 6.04 Å². The first-order valence-corrected chi connectivity index (χ1v) is 6.91. The molecule has 0 spiro atoms. The average molecular weight is 289 g/mol. The van der Waals surface area contributed by atoms with Gasteiger partial charge in [-0.25, -0.2) is 9.97 Å². The van der Waals surface area contributed by atoms with Crippen LogP contribution in [0.15, 0.2) is 12.5 Å². The van der Waals surface area contributed by atoms with Crippen molar-refractivity contribution in [3.63, 3.8) is 0 Å². The standard InChI is InChI=1S/C13H19N7O/c1-18(2)13(21)10-7-14-4-5-20(10)12-9-6-17-19(3)11(9)15-8-16-12/h6,8,10,14H,4-5,7H2,1-3H3. The van der Waals surface area contributed by atoms with Crippen LogP contribution < -0.4 is 10.2 Å². The van der Waals surface area contributed by atoms with E-state index in [9.17, 15) is 4.79 Å². The van der Waals surface area contributed by atoms with Gasteiger partial charge in [0.25, 0.3) is 0 Å². The zero-order valence-electron chi connectivity index (χ0n) is 12.4. The molecule has 1 aliphatic rings. The molecule has 0 aromatic carbocycles. The Morgan fingerprint density at radius 3 is 3.00 bits per heavy atom. The highest BCUT2D eigenvalue weighted by Gasteiger charge is 2.32. The number of carbonyl (C=O) groups is 1. The lowest BCUT2D eigenvalue weighted by Crippen LogP contribution is -2.58. The maximum absolute atomic E-state index is 12.4. The molecular weight excluding hydrogens is 270 g/mol. The molecule has 0 aliphatic carbocycles. The molecular formula is C13H19N7O. The number of piperazine rings is 1. The van der Waals surface area contributed by atoms with Gasteiger partial charge in [0.1, 0.15) is 18.2 Å². The van der Waals surface area contributed by atoms with Gasteiger partial charge in [0.2, 0.25) is 5.91 Å². The largest absolute Gasteiger partial charge is 0.347 e. The molecule has 1 atom stereocenters. The van der Waals surface area contributed by atoms with Gasteiger partial charge in [-0.1, -0.05) is 0 Å². The van der Waals surface area contributed by atoms with Crippen molar-refractivity contribution < 1.29 is 4.79 Å². The predicted octanol–water partition coefficient (Wildman–Crippen LogP) is -0.770. The summed E-state index contributed by atoms with van der Waals surface area (Å²) in [7, 11) is 5.39. The molecule has 2 aromatic heterocycles. The molecule has 1 aliphatic heterocycles. The normalized spacial score (nSPS) is 19.0. The molecule has 3 rings (SSSR count). The monoisotopic (exact) mass is 289 g/mol. The Balaban J connectivity index is 2.04. The first kappa shape index (κ1) is 13.7. The van der Waals surface area contributed by atoms with E-state index in [0.717, 1.165) is 29.9 Å².